The Hall–Kier alpha value is -3.41. The van der Waals surface area contributed by atoms with Crippen LogP contribution >= 0.6 is 11.6 Å². The molecule has 10 nitrogen and oxygen atoms in total. The number of nitrogens with one attached hydrogen (secondary N) is 2. The number of hydrogen-bond donors (Lipinski definition) is 3. The first-order chi connectivity index (χ1) is 17.4. The Morgan fingerprint density at radius 2 is 1.84 bits per heavy atom. The summed E-state index contributed by atoms with van der Waals surface area (Å²) >= 11 is 6.12. The van der Waals surface area contributed by atoms with Gasteiger partial charge < -0.3 is 15.2 Å². The van der Waals surface area contributed by atoms with Crippen molar-refractivity contribution in [2.45, 2.75) is 58.0 Å². The predicted molar refractivity (Wildman–Crippen MR) is 140 cm³/mol. The molecule has 0 aliphatic carbocycles. The lowest BCUT2D eigenvalue weighted by Gasteiger charge is -2.18. The van der Waals surface area contributed by atoms with E-state index in [9.17, 15) is 23.1 Å². The molecule has 1 amide bonds. The molecule has 37 heavy (non-hydrogen) atoms. The summed E-state index contributed by atoms with van der Waals surface area (Å²) in [4.78, 5) is 24.2. The number of sulfonamides is 1. The number of carbonyl (C=O) groups excluding carboxylic acids is 1. The second-order valence-electron chi connectivity index (χ2n) is 8.75. The highest BCUT2D eigenvalue weighted by atomic mass is 35.5. The highest BCUT2D eigenvalue weighted by Crippen LogP contribution is 2.35. The Morgan fingerprint density at radius 3 is 2.43 bits per heavy atom. The van der Waals surface area contributed by atoms with Crippen LogP contribution in [-0.4, -0.2) is 41.2 Å². The zero-order valence-electron chi connectivity index (χ0n) is 21.1. The summed E-state index contributed by atoms with van der Waals surface area (Å²) in [6.45, 7) is 8.68. The average Bonchev–Trinajstić information content (AvgIpc) is 3.16. The Bertz CT molecular complexity index is 1430. The molecule has 0 saturated heterocycles. The van der Waals surface area contributed by atoms with Crippen LogP contribution in [0, 0.1) is 6.92 Å². The number of carboxylic acid groups (broad SMARTS) is 1. The van der Waals surface area contributed by atoms with Gasteiger partial charge >= 0.3 is 5.97 Å². The maximum absolute atomic E-state index is 13.4. The molecule has 0 aliphatic rings. The summed E-state index contributed by atoms with van der Waals surface area (Å²) in [6, 6.07) is 9.98. The number of hydrogen-bond acceptors (Lipinski definition) is 6. The molecule has 12 heteroatoms. The van der Waals surface area contributed by atoms with E-state index in [2.05, 4.69) is 15.1 Å². The molecule has 1 heterocycles. The van der Waals surface area contributed by atoms with Gasteiger partial charge in [-0.2, -0.15) is 5.10 Å². The predicted octanol–water partition coefficient (Wildman–Crippen LogP) is 5.25. The lowest BCUT2D eigenvalue weighted by molar-refractivity contribution is 0.0688. The number of anilines is 1. The van der Waals surface area contributed by atoms with E-state index >= 15 is 0 Å². The Labute approximate surface area is 220 Å². The van der Waals surface area contributed by atoms with Crippen molar-refractivity contribution in [1.29, 1.82) is 0 Å². The van der Waals surface area contributed by atoms with Crippen LogP contribution in [-0.2, 0) is 10.0 Å². The summed E-state index contributed by atoms with van der Waals surface area (Å²) in [5.74, 6) is -1.71. The van der Waals surface area contributed by atoms with E-state index in [0.29, 0.717) is 6.42 Å². The number of amides is 1. The largest absolute Gasteiger partial charge is 0.476 e. The van der Waals surface area contributed by atoms with Gasteiger partial charge in [-0.15, -0.1) is 0 Å². The molecule has 0 aliphatic heterocycles. The lowest BCUT2D eigenvalue weighted by Crippen LogP contribution is -2.32. The number of benzene rings is 2. The third-order valence-corrected chi connectivity index (χ3v) is 7.51. The zero-order valence-corrected chi connectivity index (χ0v) is 22.6. The normalized spacial score (nSPS) is 12.4. The highest BCUT2D eigenvalue weighted by Gasteiger charge is 2.27. The van der Waals surface area contributed by atoms with Gasteiger partial charge in [0.25, 0.3) is 5.91 Å². The van der Waals surface area contributed by atoms with Crippen LogP contribution in [0.15, 0.2) is 47.4 Å². The maximum atomic E-state index is 13.4. The molecule has 0 bridgehead atoms. The Morgan fingerprint density at radius 1 is 1.16 bits per heavy atom. The van der Waals surface area contributed by atoms with Crippen LogP contribution < -0.4 is 14.8 Å². The minimum atomic E-state index is -4.11. The topological polar surface area (TPSA) is 140 Å². The first-order valence-electron chi connectivity index (χ1n) is 11.6. The molecular formula is C25H29ClN4O6S. The number of halogens is 1. The van der Waals surface area contributed by atoms with Crippen molar-refractivity contribution >= 4 is 39.2 Å². The fourth-order valence-electron chi connectivity index (χ4n) is 3.42. The van der Waals surface area contributed by atoms with E-state index in [1.807, 2.05) is 6.92 Å². The van der Waals surface area contributed by atoms with Crippen molar-refractivity contribution < 1.29 is 27.9 Å². The van der Waals surface area contributed by atoms with Gasteiger partial charge in [0.05, 0.1) is 16.6 Å². The van der Waals surface area contributed by atoms with Crippen LogP contribution in [0.25, 0.3) is 0 Å². The number of nitrogens with zero attached hydrogens (tertiary/aromatic N) is 2. The standard InChI is InChI=1S/C25H29ClN4O6S/c1-6-15(4)29-37(34,35)21-13-17(27-23(31)18-9-7-8-10-19(18)26)11-12-20(21)36-24-16(5)22(25(32)33)28-30(24)14(2)3/h7-15,29H,6H2,1-5H3,(H,27,31)(H,32,33)/t15-/m1/s1. The third kappa shape index (κ3) is 6.30. The number of carboxylic acids is 1. The molecule has 198 valence electrons. The number of aromatic nitrogens is 2. The molecule has 3 rings (SSSR count). The SMILES string of the molecule is CC[C@@H](C)NS(=O)(=O)c1cc(NC(=O)c2ccccc2Cl)ccc1Oc1c(C)c(C(=O)O)nn1C(C)C. The molecule has 0 unspecified atom stereocenters. The van der Waals surface area contributed by atoms with Gasteiger partial charge in [0.2, 0.25) is 15.9 Å². The quantitative estimate of drug-likeness (QED) is 0.314. The van der Waals surface area contributed by atoms with Crippen molar-refractivity contribution in [3.05, 3.63) is 64.3 Å². The Balaban J connectivity index is 2.10. The van der Waals surface area contributed by atoms with Crippen molar-refractivity contribution in [2.75, 3.05) is 5.32 Å². The van der Waals surface area contributed by atoms with Gasteiger partial charge in [0.15, 0.2) is 5.69 Å². The molecule has 2 aromatic carbocycles. The number of rotatable bonds is 10. The second-order valence-corrected chi connectivity index (χ2v) is 10.8. The zero-order chi connectivity index (χ0) is 27.5. The van der Waals surface area contributed by atoms with Crippen molar-refractivity contribution in [2.24, 2.45) is 0 Å². The highest BCUT2D eigenvalue weighted by molar-refractivity contribution is 7.89. The molecule has 0 fully saturated rings. The molecular weight excluding hydrogens is 520 g/mol. The van der Waals surface area contributed by atoms with Gasteiger partial charge in [0, 0.05) is 17.3 Å². The van der Waals surface area contributed by atoms with Crippen LogP contribution in [0.1, 0.15) is 66.6 Å². The summed E-state index contributed by atoms with van der Waals surface area (Å²) in [5.41, 5.74) is 0.469. The third-order valence-electron chi connectivity index (χ3n) is 5.57. The van der Waals surface area contributed by atoms with E-state index in [1.54, 1.807) is 45.0 Å². The summed E-state index contributed by atoms with van der Waals surface area (Å²) in [7, 11) is -4.11. The molecule has 0 radical (unpaired) electrons. The van der Waals surface area contributed by atoms with Gasteiger partial charge in [-0.25, -0.2) is 22.6 Å². The van der Waals surface area contributed by atoms with Gasteiger partial charge in [-0.3, -0.25) is 4.79 Å². The molecule has 1 aromatic heterocycles. The molecule has 3 aromatic rings. The first kappa shape index (κ1) is 28.2. The number of aromatic carboxylic acids is 1. The maximum Gasteiger partial charge on any atom is 0.356 e. The fraction of sp³-hybridized carbons (Fsp3) is 0.320. The van der Waals surface area contributed by atoms with Crippen molar-refractivity contribution in [3.63, 3.8) is 0 Å². The van der Waals surface area contributed by atoms with Gasteiger partial charge in [-0.05, 0) is 64.4 Å². The van der Waals surface area contributed by atoms with E-state index in [1.165, 1.54) is 29.8 Å². The second kappa shape index (κ2) is 11.3. The summed E-state index contributed by atoms with van der Waals surface area (Å²) in [5, 5.41) is 16.5. The van der Waals surface area contributed by atoms with Crippen LogP contribution in [0.3, 0.4) is 0 Å². The molecule has 0 saturated carbocycles. The van der Waals surface area contributed by atoms with E-state index < -0.39 is 21.9 Å². The molecule has 0 spiro atoms. The molecule has 1 atom stereocenters. The monoisotopic (exact) mass is 548 g/mol. The van der Waals surface area contributed by atoms with Gasteiger partial charge in [0.1, 0.15) is 10.6 Å². The van der Waals surface area contributed by atoms with Crippen LogP contribution in [0.4, 0.5) is 5.69 Å². The van der Waals surface area contributed by atoms with Crippen molar-refractivity contribution in [3.8, 4) is 11.6 Å². The van der Waals surface area contributed by atoms with Crippen LogP contribution in [0.5, 0.6) is 11.6 Å². The van der Waals surface area contributed by atoms with Crippen molar-refractivity contribution in [1.82, 2.24) is 14.5 Å². The smallest absolute Gasteiger partial charge is 0.356 e. The average molecular weight is 549 g/mol. The van der Waals surface area contributed by atoms with E-state index in [0.717, 1.165) is 0 Å². The van der Waals surface area contributed by atoms with E-state index in [4.69, 9.17) is 16.3 Å². The lowest BCUT2D eigenvalue weighted by atomic mass is 10.2. The van der Waals surface area contributed by atoms with Gasteiger partial charge in [-0.1, -0.05) is 30.7 Å². The molecule has 3 N–H and O–H groups in total. The minimum Gasteiger partial charge on any atom is -0.476 e. The first-order valence-corrected chi connectivity index (χ1v) is 13.4. The summed E-state index contributed by atoms with van der Waals surface area (Å²) < 4.78 is 36.7. The Kier molecular flexibility index (Phi) is 8.62. The fourth-order valence-corrected chi connectivity index (χ4v) is 5.12. The van der Waals surface area contributed by atoms with E-state index in [-0.39, 0.29) is 56.1 Å². The summed E-state index contributed by atoms with van der Waals surface area (Å²) in [6.07, 6.45) is 0.541. The van der Waals surface area contributed by atoms with Crippen LogP contribution in [0.2, 0.25) is 5.02 Å². The number of carbonyl (C=O) groups is 2. The number of ether oxygens (including phenoxy) is 1. The minimum absolute atomic E-state index is 0.0617.